The Hall–Kier alpha value is -1.55. The number of fused-ring (bicyclic) bond motifs is 1. The molecule has 0 fully saturated rings. The van der Waals surface area contributed by atoms with Gasteiger partial charge in [0.05, 0.1) is 12.0 Å². The lowest BCUT2D eigenvalue weighted by Gasteiger charge is -2.27. The van der Waals surface area contributed by atoms with Gasteiger partial charge in [-0.25, -0.2) is 0 Å². The largest absolute Gasteiger partial charge is 0.493 e. The monoisotopic (exact) mass is 235 g/mol. The molecule has 1 unspecified atom stereocenters. The zero-order chi connectivity index (χ0) is 12.6. The summed E-state index contributed by atoms with van der Waals surface area (Å²) in [5.74, 6) is -0.00386. The van der Waals surface area contributed by atoms with Gasteiger partial charge in [0.2, 0.25) is 0 Å². The first-order valence-corrected chi connectivity index (χ1v) is 5.67. The van der Waals surface area contributed by atoms with Crippen LogP contribution in [-0.4, -0.2) is 17.7 Å². The number of rotatable bonds is 3. The molecule has 4 nitrogen and oxygen atoms in total. The van der Waals surface area contributed by atoms with Gasteiger partial charge in [-0.2, -0.15) is 0 Å². The molecule has 0 bridgehead atoms. The minimum absolute atomic E-state index is 0.522. The second-order valence-corrected chi connectivity index (χ2v) is 4.97. The summed E-state index contributed by atoms with van der Waals surface area (Å²) in [7, 11) is 0. The van der Waals surface area contributed by atoms with Gasteiger partial charge in [0.15, 0.2) is 0 Å². The first-order chi connectivity index (χ1) is 7.93. The van der Waals surface area contributed by atoms with E-state index in [1.54, 1.807) is 13.8 Å². The van der Waals surface area contributed by atoms with E-state index < -0.39 is 17.4 Å². The van der Waals surface area contributed by atoms with Gasteiger partial charge in [0.1, 0.15) is 5.75 Å². The summed E-state index contributed by atoms with van der Waals surface area (Å²) in [6.07, 6.45) is 0.864. The van der Waals surface area contributed by atoms with E-state index in [1.165, 1.54) is 0 Å². The van der Waals surface area contributed by atoms with Crippen molar-refractivity contribution in [3.63, 3.8) is 0 Å². The third kappa shape index (κ3) is 2.00. The van der Waals surface area contributed by atoms with Crippen molar-refractivity contribution in [2.45, 2.75) is 26.3 Å². The highest BCUT2D eigenvalue weighted by Crippen LogP contribution is 2.35. The second kappa shape index (κ2) is 4.04. The number of hydrogen-bond acceptors (Lipinski definition) is 3. The van der Waals surface area contributed by atoms with E-state index >= 15 is 0 Å². The molecule has 1 aromatic rings. The zero-order valence-electron chi connectivity index (χ0n) is 10.1. The maximum atomic E-state index is 11.2. The van der Waals surface area contributed by atoms with Crippen molar-refractivity contribution >= 4 is 5.97 Å². The lowest BCUT2D eigenvalue weighted by atomic mass is 9.80. The van der Waals surface area contributed by atoms with Gasteiger partial charge in [-0.05, 0) is 31.0 Å². The number of hydrogen-bond donors (Lipinski definition) is 2. The first kappa shape index (κ1) is 11.9. The Bertz CT molecular complexity index is 454. The number of benzene rings is 1. The zero-order valence-corrected chi connectivity index (χ0v) is 10.1. The van der Waals surface area contributed by atoms with Crippen LogP contribution < -0.4 is 10.5 Å². The predicted molar refractivity (Wildman–Crippen MR) is 64.0 cm³/mol. The van der Waals surface area contributed by atoms with Crippen molar-refractivity contribution in [3.8, 4) is 5.75 Å². The van der Waals surface area contributed by atoms with E-state index in [0.717, 1.165) is 23.3 Å². The van der Waals surface area contributed by atoms with Gasteiger partial charge in [0, 0.05) is 12.5 Å². The molecule has 0 aliphatic carbocycles. The van der Waals surface area contributed by atoms with Gasteiger partial charge in [0.25, 0.3) is 0 Å². The standard InChI is InChI=1S/C13H17NO3/c1-13(2,12(15)16)11(14)9-3-4-10-8(7-9)5-6-17-10/h3-4,7,11H,5-6,14H2,1-2H3,(H,15,16). The number of carboxylic acid groups (broad SMARTS) is 1. The molecule has 0 amide bonds. The Morgan fingerprint density at radius 1 is 1.53 bits per heavy atom. The molecule has 0 spiro atoms. The molecule has 1 aliphatic heterocycles. The van der Waals surface area contributed by atoms with Crippen molar-refractivity contribution in [2.24, 2.45) is 11.1 Å². The summed E-state index contributed by atoms with van der Waals surface area (Å²) in [5, 5.41) is 9.16. The van der Waals surface area contributed by atoms with E-state index in [0.29, 0.717) is 6.61 Å². The van der Waals surface area contributed by atoms with Crippen LogP contribution in [0.1, 0.15) is 31.0 Å². The molecule has 0 aromatic heterocycles. The van der Waals surface area contributed by atoms with Gasteiger partial charge < -0.3 is 15.6 Å². The van der Waals surface area contributed by atoms with E-state index in [-0.39, 0.29) is 0 Å². The summed E-state index contributed by atoms with van der Waals surface area (Å²) in [5.41, 5.74) is 7.03. The fourth-order valence-corrected chi connectivity index (χ4v) is 1.95. The maximum absolute atomic E-state index is 11.2. The first-order valence-electron chi connectivity index (χ1n) is 5.67. The average Bonchev–Trinajstić information content (AvgIpc) is 2.74. The number of aliphatic carboxylic acids is 1. The Balaban J connectivity index is 2.32. The summed E-state index contributed by atoms with van der Waals surface area (Å²) >= 11 is 0. The molecule has 1 atom stereocenters. The Morgan fingerprint density at radius 2 is 2.24 bits per heavy atom. The smallest absolute Gasteiger partial charge is 0.311 e. The van der Waals surface area contributed by atoms with Crippen molar-refractivity contribution in [3.05, 3.63) is 29.3 Å². The molecular weight excluding hydrogens is 218 g/mol. The summed E-state index contributed by atoms with van der Waals surface area (Å²) in [4.78, 5) is 11.2. The molecule has 17 heavy (non-hydrogen) atoms. The molecule has 1 heterocycles. The van der Waals surface area contributed by atoms with Crippen LogP contribution in [0.5, 0.6) is 5.75 Å². The van der Waals surface area contributed by atoms with E-state index in [1.807, 2.05) is 18.2 Å². The predicted octanol–water partition coefficient (Wildman–Crippen LogP) is 1.73. The lowest BCUT2D eigenvalue weighted by Crippen LogP contribution is -2.36. The summed E-state index contributed by atoms with van der Waals surface area (Å²) in [6.45, 7) is 3.98. The lowest BCUT2D eigenvalue weighted by molar-refractivity contribution is -0.148. The van der Waals surface area contributed by atoms with Crippen LogP contribution in [0.15, 0.2) is 18.2 Å². The van der Waals surface area contributed by atoms with E-state index in [9.17, 15) is 4.79 Å². The van der Waals surface area contributed by atoms with Crippen LogP contribution in [0.2, 0.25) is 0 Å². The van der Waals surface area contributed by atoms with Crippen molar-refractivity contribution in [1.29, 1.82) is 0 Å². The van der Waals surface area contributed by atoms with Crippen molar-refractivity contribution < 1.29 is 14.6 Å². The average molecular weight is 235 g/mol. The Kier molecular flexibility index (Phi) is 2.83. The second-order valence-electron chi connectivity index (χ2n) is 4.97. The normalized spacial score (nSPS) is 16.2. The highest BCUT2D eigenvalue weighted by atomic mass is 16.5. The van der Waals surface area contributed by atoms with Crippen LogP contribution in [0.4, 0.5) is 0 Å². The molecule has 1 aromatic carbocycles. The number of nitrogens with two attached hydrogens (primary N) is 1. The molecule has 1 aliphatic rings. The third-order valence-corrected chi connectivity index (χ3v) is 3.40. The van der Waals surface area contributed by atoms with Gasteiger partial charge in [-0.1, -0.05) is 12.1 Å². The molecule has 4 heteroatoms. The van der Waals surface area contributed by atoms with Gasteiger partial charge in [-0.3, -0.25) is 4.79 Å². The molecule has 3 N–H and O–H groups in total. The fourth-order valence-electron chi connectivity index (χ4n) is 1.95. The molecular formula is C13H17NO3. The van der Waals surface area contributed by atoms with Crippen LogP contribution in [0.3, 0.4) is 0 Å². The molecule has 0 saturated heterocycles. The van der Waals surface area contributed by atoms with Crippen molar-refractivity contribution in [2.75, 3.05) is 6.61 Å². The highest BCUT2D eigenvalue weighted by molar-refractivity contribution is 5.75. The fraction of sp³-hybridized carbons (Fsp3) is 0.462. The summed E-state index contributed by atoms with van der Waals surface area (Å²) < 4.78 is 5.41. The minimum Gasteiger partial charge on any atom is -0.493 e. The SMILES string of the molecule is CC(C)(C(=O)O)C(N)c1ccc2c(c1)CCO2. The van der Waals surface area contributed by atoms with Crippen LogP contribution >= 0.6 is 0 Å². The quantitative estimate of drug-likeness (QED) is 0.836. The number of carbonyl (C=O) groups is 1. The van der Waals surface area contributed by atoms with Gasteiger partial charge in [-0.15, -0.1) is 0 Å². The summed E-state index contributed by atoms with van der Waals surface area (Å²) in [6, 6.07) is 5.15. The van der Waals surface area contributed by atoms with E-state index in [2.05, 4.69) is 0 Å². The van der Waals surface area contributed by atoms with Crippen LogP contribution in [0.25, 0.3) is 0 Å². The van der Waals surface area contributed by atoms with Crippen molar-refractivity contribution in [1.82, 2.24) is 0 Å². The number of ether oxygens (including phenoxy) is 1. The molecule has 92 valence electrons. The minimum atomic E-state index is -0.978. The maximum Gasteiger partial charge on any atom is 0.311 e. The van der Waals surface area contributed by atoms with Gasteiger partial charge >= 0.3 is 5.97 Å². The number of carboxylic acids is 1. The molecule has 2 rings (SSSR count). The molecule has 0 saturated carbocycles. The van der Waals surface area contributed by atoms with Crippen LogP contribution in [-0.2, 0) is 11.2 Å². The van der Waals surface area contributed by atoms with E-state index in [4.69, 9.17) is 15.6 Å². The van der Waals surface area contributed by atoms with Crippen LogP contribution in [0, 0.1) is 5.41 Å². The topological polar surface area (TPSA) is 72.5 Å². The third-order valence-electron chi connectivity index (χ3n) is 3.40. The highest BCUT2D eigenvalue weighted by Gasteiger charge is 2.35. The molecule has 0 radical (unpaired) electrons. The Labute approximate surface area is 100 Å². The Morgan fingerprint density at radius 3 is 2.88 bits per heavy atom.